The first kappa shape index (κ1) is 14.7. The van der Waals surface area contributed by atoms with Gasteiger partial charge in [0.2, 0.25) is 0 Å². The Kier molecular flexibility index (Phi) is 12.7. The van der Waals surface area contributed by atoms with Crippen LogP contribution in [0.15, 0.2) is 10.3 Å². The maximum Gasteiger partial charge on any atom is 0.361 e. The minimum atomic E-state index is -0.565. The second-order valence-electron chi connectivity index (χ2n) is 2.30. The van der Waals surface area contributed by atoms with E-state index in [0.717, 1.165) is 6.42 Å². The topological polar surface area (TPSA) is 79.8 Å². The smallest absolute Gasteiger partial charge is 0.323 e. The molecule has 0 aromatic heterocycles. The van der Waals surface area contributed by atoms with E-state index in [1.807, 2.05) is 6.92 Å². The zero-order valence-corrected chi connectivity index (χ0v) is 9.21. The van der Waals surface area contributed by atoms with Crippen molar-refractivity contribution in [2.24, 2.45) is 16.2 Å². The SMILES string of the molecule is CCC.CCC(S)NC(=O)/N=N\N. The molecule has 3 N–H and O–H groups in total. The highest BCUT2D eigenvalue weighted by Crippen LogP contribution is 1.94. The van der Waals surface area contributed by atoms with E-state index >= 15 is 0 Å². The quantitative estimate of drug-likeness (QED) is 0.213. The molecule has 1 atom stereocenters. The van der Waals surface area contributed by atoms with Crippen LogP contribution in [-0.4, -0.2) is 11.4 Å². The number of hydrogen-bond acceptors (Lipinski definition) is 3. The van der Waals surface area contributed by atoms with Gasteiger partial charge in [-0.2, -0.15) is 12.6 Å². The first-order chi connectivity index (χ1) is 6.12. The van der Waals surface area contributed by atoms with Crippen molar-refractivity contribution in [3.05, 3.63) is 0 Å². The Bertz CT molecular complexity index is 151. The molecule has 0 aromatic carbocycles. The molecular formula is C7H18N4OS. The zero-order valence-electron chi connectivity index (χ0n) is 8.32. The normalized spacial score (nSPS) is 11.7. The lowest BCUT2D eigenvalue weighted by atomic mass is 10.5. The van der Waals surface area contributed by atoms with Crippen molar-refractivity contribution < 1.29 is 4.79 Å². The molecule has 0 radical (unpaired) electrons. The van der Waals surface area contributed by atoms with E-state index in [2.05, 4.69) is 48.0 Å². The van der Waals surface area contributed by atoms with Gasteiger partial charge >= 0.3 is 6.03 Å². The van der Waals surface area contributed by atoms with Crippen LogP contribution in [0.2, 0.25) is 0 Å². The average Bonchev–Trinajstić information content (AvgIpc) is 2.06. The van der Waals surface area contributed by atoms with Crippen LogP contribution in [0.4, 0.5) is 4.79 Å². The Hall–Kier alpha value is -0.780. The highest BCUT2D eigenvalue weighted by atomic mass is 32.1. The van der Waals surface area contributed by atoms with Gasteiger partial charge in [0, 0.05) is 0 Å². The second kappa shape index (κ2) is 11.2. The minimum Gasteiger partial charge on any atom is -0.323 e. The minimum absolute atomic E-state index is 0.182. The molecule has 0 aromatic rings. The van der Waals surface area contributed by atoms with E-state index in [-0.39, 0.29) is 5.37 Å². The van der Waals surface area contributed by atoms with E-state index in [0.29, 0.717) is 0 Å². The number of thiol groups is 1. The summed E-state index contributed by atoms with van der Waals surface area (Å²) >= 11 is 3.99. The molecule has 0 fully saturated rings. The molecule has 0 bridgehead atoms. The molecule has 0 aliphatic carbocycles. The molecule has 0 saturated heterocycles. The Balaban J connectivity index is 0. The molecule has 5 nitrogen and oxygen atoms in total. The first-order valence-electron chi connectivity index (χ1n) is 4.21. The lowest BCUT2D eigenvalue weighted by Crippen LogP contribution is -2.27. The van der Waals surface area contributed by atoms with Gasteiger partial charge in [0.1, 0.15) is 0 Å². The van der Waals surface area contributed by atoms with Crippen molar-refractivity contribution in [1.82, 2.24) is 5.32 Å². The van der Waals surface area contributed by atoms with Gasteiger partial charge < -0.3 is 11.2 Å². The molecule has 13 heavy (non-hydrogen) atoms. The van der Waals surface area contributed by atoms with Crippen LogP contribution in [0, 0.1) is 0 Å². The maximum absolute atomic E-state index is 10.5. The molecular weight excluding hydrogens is 188 g/mol. The zero-order chi connectivity index (χ0) is 10.7. The number of nitrogens with zero attached hydrogens (tertiary/aromatic N) is 2. The predicted molar refractivity (Wildman–Crippen MR) is 56.6 cm³/mol. The predicted octanol–water partition coefficient (Wildman–Crippen LogP) is 2.10. The summed E-state index contributed by atoms with van der Waals surface area (Å²) in [6.45, 7) is 6.14. The molecule has 0 spiro atoms. The highest BCUT2D eigenvalue weighted by molar-refractivity contribution is 7.80. The molecule has 0 saturated carbocycles. The fourth-order valence-corrected chi connectivity index (χ4v) is 0.436. The van der Waals surface area contributed by atoms with Crippen molar-refractivity contribution in [3.8, 4) is 0 Å². The van der Waals surface area contributed by atoms with E-state index in [1.165, 1.54) is 6.42 Å². The third-order valence-electron chi connectivity index (χ3n) is 0.825. The van der Waals surface area contributed by atoms with Crippen LogP contribution < -0.4 is 11.2 Å². The van der Waals surface area contributed by atoms with Crippen LogP contribution in [0.3, 0.4) is 0 Å². The molecule has 1 unspecified atom stereocenters. The summed E-state index contributed by atoms with van der Waals surface area (Å²) in [7, 11) is 0. The van der Waals surface area contributed by atoms with Crippen LogP contribution in [-0.2, 0) is 0 Å². The third-order valence-corrected chi connectivity index (χ3v) is 1.32. The summed E-state index contributed by atoms with van der Waals surface area (Å²) in [5.41, 5.74) is 0. The summed E-state index contributed by atoms with van der Waals surface area (Å²) in [6, 6.07) is -0.565. The number of urea groups is 1. The van der Waals surface area contributed by atoms with Crippen LogP contribution in [0.5, 0.6) is 0 Å². The summed E-state index contributed by atoms with van der Waals surface area (Å²) in [5.74, 6) is 4.62. The number of nitrogens with one attached hydrogen (secondary N) is 1. The summed E-state index contributed by atoms with van der Waals surface area (Å²) in [4.78, 5) is 10.5. The first-order valence-corrected chi connectivity index (χ1v) is 4.73. The van der Waals surface area contributed by atoms with Crippen molar-refractivity contribution in [2.45, 2.75) is 39.0 Å². The Morgan fingerprint density at radius 2 is 2.00 bits per heavy atom. The lowest BCUT2D eigenvalue weighted by molar-refractivity contribution is 0.247. The van der Waals surface area contributed by atoms with Crippen molar-refractivity contribution >= 4 is 18.7 Å². The van der Waals surface area contributed by atoms with Crippen LogP contribution >= 0.6 is 12.6 Å². The van der Waals surface area contributed by atoms with E-state index < -0.39 is 6.03 Å². The highest BCUT2D eigenvalue weighted by Gasteiger charge is 2.02. The molecule has 0 heterocycles. The Labute approximate surface area is 84.6 Å². The fraction of sp³-hybridized carbons (Fsp3) is 0.857. The molecule has 2 amide bonds. The number of carbonyl (C=O) groups is 1. The number of nitrogens with two attached hydrogens (primary N) is 1. The van der Waals surface area contributed by atoms with Crippen LogP contribution in [0.25, 0.3) is 0 Å². The van der Waals surface area contributed by atoms with Crippen molar-refractivity contribution in [2.75, 3.05) is 0 Å². The maximum atomic E-state index is 10.5. The second-order valence-corrected chi connectivity index (χ2v) is 2.92. The molecule has 0 aliphatic rings. The van der Waals surface area contributed by atoms with E-state index in [1.54, 1.807) is 0 Å². The number of carbonyl (C=O) groups excluding carboxylic acids is 1. The van der Waals surface area contributed by atoms with Crippen LogP contribution in [0.1, 0.15) is 33.6 Å². The van der Waals surface area contributed by atoms with E-state index in [4.69, 9.17) is 0 Å². The van der Waals surface area contributed by atoms with Gasteiger partial charge in [-0.05, 0) is 6.42 Å². The number of rotatable bonds is 2. The fourth-order valence-electron chi connectivity index (χ4n) is 0.326. The van der Waals surface area contributed by atoms with Gasteiger partial charge in [0.25, 0.3) is 0 Å². The van der Waals surface area contributed by atoms with Gasteiger partial charge in [0.15, 0.2) is 0 Å². The van der Waals surface area contributed by atoms with E-state index in [9.17, 15) is 4.79 Å². The Morgan fingerprint density at radius 1 is 1.54 bits per heavy atom. The van der Waals surface area contributed by atoms with Gasteiger partial charge in [0.05, 0.1) is 5.37 Å². The van der Waals surface area contributed by atoms with Gasteiger partial charge in [-0.15, -0.1) is 0 Å². The molecule has 0 aliphatic heterocycles. The monoisotopic (exact) mass is 206 g/mol. The summed E-state index contributed by atoms with van der Waals surface area (Å²) in [6.07, 6.45) is 1.98. The van der Waals surface area contributed by atoms with Crippen molar-refractivity contribution in [3.63, 3.8) is 0 Å². The van der Waals surface area contributed by atoms with Gasteiger partial charge in [-0.1, -0.05) is 37.5 Å². The average molecular weight is 206 g/mol. The number of amides is 2. The van der Waals surface area contributed by atoms with Crippen molar-refractivity contribution in [1.29, 1.82) is 0 Å². The number of hydrogen-bond donors (Lipinski definition) is 3. The molecule has 6 heteroatoms. The third kappa shape index (κ3) is 14.1. The summed E-state index contributed by atoms with van der Waals surface area (Å²) in [5, 5.41) is 8.05. The summed E-state index contributed by atoms with van der Waals surface area (Å²) < 4.78 is 0. The Morgan fingerprint density at radius 3 is 2.31 bits per heavy atom. The van der Waals surface area contributed by atoms with Gasteiger partial charge in [-0.25, -0.2) is 4.79 Å². The standard InChI is InChI=1S/C4H10N4OS.C3H8/c1-2-3(10)6-4(9)7-8-5;1-3-2/h3,10H,2H2,1H3,(H3,5,6,7,9);3H2,1-2H3. The largest absolute Gasteiger partial charge is 0.361 e. The van der Waals surface area contributed by atoms with Gasteiger partial charge in [-0.3, -0.25) is 0 Å². The molecule has 78 valence electrons. The molecule has 0 rings (SSSR count). The lowest BCUT2D eigenvalue weighted by Gasteiger charge is -2.05.